The summed E-state index contributed by atoms with van der Waals surface area (Å²) in [6.07, 6.45) is 5.18. The van der Waals surface area contributed by atoms with Crippen molar-refractivity contribution in [2.24, 2.45) is 5.92 Å². The summed E-state index contributed by atoms with van der Waals surface area (Å²) in [6, 6.07) is 7.40. The number of halogens is 1. The number of carbonyl (C=O) groups excluding carboxylic acids is 1. The van der Waals surface area contributed by atoms with Gasteiger partial charge in [-0.1, -0.05) is 31.0 Å². The van der Waals surface area contributed by atoms with Crippen LogP contribution in [0.2, 0.25) is 5.02 Å². The van der Waals surface area contributed by atoms with E-state index in [1.165, 1.54) is 12.8 Å². The van der Waals surface area contributed by atoms with Gasteiger partial charge in [0.05, 0.1) is 11.1 Å². The Hall–Kier alpha value is -1.61. The Balaban J connectivity index is 2.00. The van der Waals surface area contributed by atoms with Crippen molar-refractivity contribution in [1.82, 2.24) is 9.88 Å². The van der Waals surface area contributed by atoms with Crippen LogP contribution in [0.5, 0.6) is 0 Å². The van der Waals surface area contributed by atoms with Crippen molar-refractivity contribution in [2.45, 2.75) is 26.2 Å². The van der Waals surface area contributed by atoms with Crippen LogP contribution in [0.3, 0.4) is 0 Å². The van der Waals surface area contributed by atoms with Crippen molar-refractivity contribution >= 4 is 28.4 Å². The van der Waals surface area contributed by atoms with Crippen LogP contribution in [0.4, 0.5) is 0 Å². The van der Waals surface area contributed by atoms with Crippen LogP contribution >= 0.6 is 11.6 Å². The van der Waals surface area contributed by atoms with Crippen molar-refractivity contribution in [3.8, 4) is 0 Å². The molecular weight excluding hydrogens is 284 g/mol. The summed E-state index contributed by atoms with van der Waals surface area (Å²) in [6.45, 7) is 3.85. The zero-order chi connectivity index (χ0) is 14.8. The number of nitrogens with zero attached hydrogens (tertiary/aromatic N) is 2. The van der Waals surface area contributed by atoms with E-state index in [0.717, 1.165) is 30.4 Å². The third-order valence-corrected chi connectivity index (χ3v) is 4.31. The average molecular weight is 303 g/mol. The summed E-state index contributed by atoms with van der Waals surface area (Å²) in [5.74, 6) is 0.602. The Labute approximate surface area is 129 Å². The number of benzene rings is 1. The van der Waals surface area contributed by atoms with Gasteiger partial charge >= 0.3 is 0 Å². The number of likely N-dealkylation sites (tertiary alicyclic amines) is 1. The Kier molecular flexibility index (Phi) is 4.11. The van der Waals surface area contributed by atoms with Gasteiger partial charge in [0, 0.05) is 29.7 Å². The van der Waals surface area contributed by atoms with E-state index in [4.69, 9.17) is 11.6 Å². The van der Waals surface area contributed by atoms with Crippen molar-refractivity contribution in [1.29, 1.82) is 0 Å². The monoisotopic (exact) mass is 302 g/mol. The first-order chi connectivity index (χ1) is 10.1. The van der Waals surface area contributed by atoms with Crippen molar-refractivity contribution in [2.75, 3.05) is 13.1 Å². The zero-order valence-electron chi connectivity index (χ0n) is 12.2. The van der Waals surface area contributed by atoms with Gasteiger partial charge in [-0.3, -0.25) is 9.78 Å². The van der Waals surface area contributed by atoms with Gasteiger partial charge in [-0.05, 0) is 37.0 Å². The van der Waals surface area contributed by atoms with Crippen LogP contribution in [-0.2, 0) is 0 Å². The van der Waals surface area contributed by atoms with E-state index in [2.05, 4.69) is 11.9 Å². The first-order valence-electron chi connectivity index (χ1n) is 7.48. The fourth-order valence-electron chi connectivity index (χ4n) is 3.03. The Morgan fingerprint density at radius 3 is 3.10 bits per heavy atom. The number of amides is 1. The topological polar surface area (TPSA) is 33.2 Å². The smallest absolute Gasteiger partial charge is 0.256 e. The fourth-order valence-corrected chi connectivity index (χ4v) is 3.25. The molecule has 4 heteroatoms. The van der Waals surface area contributed by atoms with E-state index in [1.807, 2.05) is 23.1 Å². The number of hydrogen-bond donors (Lipinski definition) is 0. The first kappa shape index (κ1) is 14.3. The van der Waals surface area contributed by atoms with Crippen molar-refractivity contribution in [3.05, 3.63) is 41.0 Å². The molecule has 1 unspecified atom stereocenters. The van der Waals surface area contributed by atoms with Crippen LogP contribution in [0.1, 0.15) is 36.5 Å². The Morgan fingerprint density at radius 2 is 2.24 bits per heavy atom. The van der Waals surface area contributed by atoms with Crippen LogP contribution < -0.4 is 0 Å². The molecular formula is C17H19ClN2O. The van der Waals surface area contributed by atoms with E-state index in [9.17, 15) is 4.79 Å². The predicted octanol–water partition coefficient (Wildman–Crippen LogP) is 4.15. The molecule has 1 aromatic heterocycles. The van der Waals surface area contributed by atoms with Gasteiger partial charge in [0.2, 0.25) is 0 Å². The molecule has 3 nitrogen and oxygen atoms in total. The highest BCUT2D eigenvalue weighted by Gasteiger charge is 2.23. The van der Waals surface area contributed by atoms with Crippen LogP contribution in [0, 0.1) is 5.92 Å². The summed E-state index contributed by atoms with van der Waals surface area (Å²) >= 11 is 6.17. The molecule has 110 valence electrons. The lowest BCUT2D eigenvalue weighted by atomic mass is 10.1. The molecule has 21 heavy (non-hydrogen) atoms. The summed E-state index contributed by atoms with van der Waals surface area (Å²) in [7, 11) is 0. The molecule has 3 rings (SSSR count). The molecule has 0 spiro atoms. The first-order valence-corrected chi connectivity index (χ1v) is 7.86. The fraction of sp³-hybridized carbons (Fsp3) is 0.412. The molecule has 1 fully saturated rings. The zero-order valence-corrected chi connectivity index (χ0v) is 12.9. The lowest BCUT2D eigenvalue weighted by molar-refractivity contribution is 0.0746. The lowest BCUT2D eigenvalue weighted by Gasteiger charge is -2.23. The summed E-state index contributed by atoms with van der Waals surface area (Å²) < 4.78 is 0. The SMILES string of the molecule is CC1CCCCN(C(=O)c2cc(Cl)cc3cccnc23)C1. The second-order valence-electron chi connectivity index (χ2n) is 5.88. The molecule has 1 amide bonds. The third kappa shape index (κ3) is 3.03. The van der Waals surface area contributed by atoms with Gasteiger partial charge in [0.25, 0.3) is 5.91 Å². The van der Waals surface area contributed by atoms with E-state index in [1.54, 1.807) is 12.3 Å². The second-order valence-corrected chi connectivity index (χ2v) is 6.32. The highest BCUT2D eigenvalue weighted by Crippen LogP contribution is 2.25. The standard InChI is InChI=1S/C17H19ClN2O/c1-12-5-2-3-8-20(11-12)17(21)15-10-14(18)9-13-6-4-7-19-16(13)15/h4,6-7,9-10,12H,2-3,5,8,11H2,1H3. The molecule has 0 radical (unpaired) electrons. The maximum Gasteiger partial charge on any atom is 0.256 e. The van der Waals surface area contributed by atoms with Gasteiger partial charge in [0.1, 0.15) is 0 Å². The van der Waals surface area contributed by atoms with Crippen molar-refractivity contribution < 1.29 is 4.79 Å². The van der Waals surface area contributed by atoms with E-state index in [0.29, 0.717) is 16.5 Å². The van der Waals surface area contributed by atoms with E-state index < -0.39 is 0 Å². The largest absolute Gasteiger partial charge is 0.338 e. The highest BCUT2D eigenvalue weighted by atomic mass is 35.5. The number of carbonyl (C=O) groups is 1. The molecule has 1 aliphatic rings. The number of aromatic nitrogens is 1. The van der Waals surface area contributed by atoms with Gasteiger partial charge in [0.15, 0.2) is 0 Å². The summed E-state index contributed by atoms with van der Waals surface area (Å²) in [5, 5.41) is 1.50. The number of fused-ring (bicyclic) bond motifs is 1. The molecule has 1 saturated heterocycles. The minimum Gasteiger partial charge on any atom is -0.338 e. The van der Waals surface area contributed by atoms with Crippen LogP contribution in [0.25, 0.3) is 10.9 Å². The molecule has 0 saturated carbocycles. The van der Waals surface area contributed by atoms with Gasteiger partial charge in [-0.15, -0.1) is 0 Å². The number of hydrogen-bond acceptors (Lipinski definition) is 2. The summed E-state index contributed by atoms with van der Waals surface area (Å²) in [4.78, 5) is 19.2. The minimum atomic E-state index is 0.0509. The molecule has 1 atom stereocenters. The molecule has 2 aromatic rings. The predicted molar refractivity (Wildman–Crippen MR) is 85.7 cm³/mol. The van der Waals surface area contributed by atoms with Crippen LogP contribution in [0.15, 0.2) is 30.5 Å². The molecule has 0 aliphatic carbocycles. The third-order valence-electron chi connectivity index (χ3n) is 4.09. The Morgan fingerprint density at radius 1 is 1.38 bits per heavy atom. The summed E-state index contributed by atoms with van der Waals surface area (Å²) in [5.41, 5.74) is 1.36. The normalized spacial score (nSPS) is 19.5. The maximum absolute atomic E-state index is 12.9. The molecule has 0 bridgehead atoms. The molecule has 0 N–H and O–H groups in total. The van der Waals surface area contributed by atoms with E-state index in [-0.39, 0.29) is 5.91 Å². The number of pyridine rings is 1. The maximum atomic E-state index is 12.9. The quantitative estimate of drug-likeness (QED) is 0.793. The highest BCUT2D eigenvalue weighted by molar-refractivity contribution is 6.32. The average Bonchev–Trinajstić information content (AvgIpc) is 2.70. The van der Waals surface area contributed by atoms with Crippen molar-refractivity contribution in [3.63, 3.8) is 0 Å². The van der Waals surface area contributed by atoms with Gasteiger partial charge < -0.3 is 4.90 Å². The van der Waals surface area contributed by atoms with Crippen LogP contribution in [-0.4, -0.2) is 28.9 Å². The number of rotatable bonds is 1. The van der Waals surface area contributed by atoms with Gasteiger partial charge in [-0.2, -0.15) is 0 Å². The lowest BCUT2D eigenvalue weighted by Crippen LogP contribution is -2.34. The minimum absolute atomic E-state index is 0.0509. The Bertz CT molecular complexity index is 671. The van der Waals surface area contributed by atoms with Gasteiger partial charge in [-0.25, -0.2) is 0 Å². The second kappa shape index (κ2) is 6.02. The van der Waals surface area contributed by atoms with E-state index >= 15 is 0 Å². The molecule has 2 heterocycles. The molecule has 1 aromatic carbocycles. The molecule has 1 aliphatic heterocycles.